The summed E-state index contributed by atoms with van der Waals surface area (Å²) in [4.78, 5) is 29.8. The van der Waals surface area contributed by atoms with Crippen molar-refractivity contribution in [2.75, 3.05) is 0 Å². The molecule has 2 rings (SSSR count). The average Bonchev–Trinajstić information content (AvgIpc) is 2.56. The first-order chi connectivity index (χ1) is 7.25. The normalized spacial score (nSPS) is 20.4. The standard InChI is InChI=1S/C9H10N4O2/c14-8-3-7(9(15)13-8)11-4-6-1-2-10-5-12-6/h1-2,5,7,11H,3-4H2,(H,13,14,15). The van der Waals surface area contributed by atoms with E-state index >= 15 is 0 Å². The van der Waals surface area contributed by atoms with E-state index in [4.69, 9.17) is 0 Å². The zero-order valence-electron chi connectivity index (χ0n) is 7.93. The van der Waals surface area contributed by atoms with E-state index in [-0.39, 0.29) is 18.2 Å². The first-order valence-electron chi connectivity index (χ1n) is 4.57. The van der Waals surface area contributed by atoms with E-state index in [2.05, 4.69) is 20.6 Å². The van der Waals surface area contributed by atoms with Gasteiger partial charge in [0.2, 0.25) is 11.8 Å². The second-order valence-corrected chi connectivity index (χ2v) is 3.25. The van der Waals surface area contributed by atoms with Gasteiger partial charge in [-0.25, -0.2) is 9.97 Å². The maximum Gasteiger partial charge on any atom is 0.244 e. The van der Waals surface area contributed by atoms with Crippen LogP contribution in [0.4, 0.5) is 0 Å². The van der Waals surface area contributed by atoms with Crippen molar-refractivity contribution in [1.29, 1.82) is 0 Å². The Kier molecular flexibility index (Phi) is 2.68. The Morgan fingerprint density at radius 1 is 1.53 bits per heavy atom. The Labute approximate surface area is 86.1 Å². The van der Waals surface area contributed by atoms with Gasteiger partial charge in [0.15, 0.2) is 0 Å². The highest BCUT2D eigenvalue weighted by Crippen LogP contribution is 2.02. The van der Waals surface area contributed by atoms with Crippen LogP contribution in [0.1, 0.15) is 12.1 Å². The van der Waals surface area contributed by atoms with Crippen LogP contribution < -0.4 is 10.6 Å². The fourth-order valence-electron chi connectivity index (χ4n) is 1.37. The number of imide groups is 1. The third-order valence-corrected chi connectivity index (χ3v) is 2.14. The highest BCUT2D eigenvalue weighted by atomic mass is 16.2. The predicted molar refractivity (Wildman–Crippen MR) is 50.4 cm³/mol. The number of carbonyl (C=O) groups is 2. The second kappa shape index (κ2) is 4.14. The molecular weight excluding hydrogens is 196 g/mol. The fraction of sp³-hybridized carbons (Fsp3) is 0.333. The van der Waals surface area contributed by atoms with Crippen LogP contribution in [0, 0.1) is 0 Å². The number of hydrogen-bond acceptors (Lipinski definition) is 5. The lowest BCUT2D eigenvalue weighted by Gasteiger charge is -2.07. The summed E-state index contributed by atoms with van der Waals surface area (Å²) in [5, 5.41) is 5.18. The largest absolute Gasteiger partial charge is 0.300 e. The number of nitrogens with zero attached hydrogens (tertiary/aromatic N) is 2. The van der Waals surface area contributed by atoms with Gasteiger partial charge in [-0.15, -0.1) is 0 Å². The molecular formula is C9H10N4O2. The van der Waals surface area contributed by atoms with Crippen molar-refractivity contribution in [3.8, 4) is 0 Å². The predicted octanol–water partition coefficient (Wildman–Crippen LogP) is -1.02. The SMILES string of the molecule is O=C1CC(NCc2ccncn2)C(=O)N1. The third-order valence-electron chi connectivity index (χ3n) is 2.14. The van der Waals surface area contributed by atoms with Crippen molar-refractivity contribution in [1.82, 2.24) is 20.6 Å². The van der Waals surface area contributed by atoms with Gasteiger partial charge in [0.25, 0.3) is 0 Å². The van der Waals surface area contributed by atoms with Gasteiger partial charge in [-0.1, -0.05) is 0 Å². The van der Waals surface area contributed by atoms with Gasteiger partial charge in [0.1, 0.15) is 6.33 Å². The molecule has 1 saturated heterocycles. The molecule has 1 aromatic heterocycles. The summed E-state index contributed by atoms with van der Waals surface area (Å²) < 4.78 is 0. The van der Waals surface area contributed by atoms with E-state index in [9.17, 15) is 9.59 Å². The maximum atomic E-state index is 11.2. The Hall–Kier alpha value is -1.82. The van der Waals surface area contributed by atoms with Crippen LogP contribution in [-0.2, 0) is 16.1 Å². The number of carbonyl (C=O) groups excluding carboxylic acids is 2. The molecule has 1 aliphatic heterocycles. The van der Waals surface area contributed by atoms with E-state index in [0.717, 1.165) is 5.69 Å². The van der Waals surface area contributed by atoms with E-state index in [1.165, 1.54) is 6.33 Å². The summed E-state index contributed by atoms with van der Waals surface area (Å²) in [6.07, 6.45) is 3.27. The third kappa shape index (κ3) is 2.35. The first kappa shape index (κ1) is 9.72. The summed E-state index contributed by atoms with van der Waals surface area (Å²) in [7, 11) is 0. The molecule has 78 valence electrons. The number of hydrogen-bond donors (Lipinski definition) is 2. The summed E-state index contributed by atoms with van der Waals surface area (Å²) in [6.45, 7) is 0.452. The van der Waals surface area contributed by atoms with Crippen LogP contribution in [0.2, 0.25) is 0 Å². The van der Waals surface area contributed by atoms with Gasteiger partial charge in [-0.05, 0) is 6.07 Å². The van der Waals surface area contributed by atoms with Crippen molar-refractivity contribution in [2.45, 2.75) is 19.0 Å². The molecule has 0 bridgehead atoms. The minimum absolute atomic E-state index is 0.198. The number of amides is 2. The van der Waals surface area contributed by atoms with Crippen LogP contribution >= 0.6 is 0 Å². The Morgan fingerprint density at radius 2 is 2.40 bits per heavy atom. The number of nitrogens with one attached hydrogen (secondary N) is 2. The Balaban J connectivity index is 1.89. The first-order valence-corrected chi connectivity index (χ1v) is 4.57. The lowest BCUT2D eigenvalue weighted by atomic mass is 10.2. The molecule has 0 spiro atoms. The van der Waals surface area contributed by atoms with Gasteiger partial charge < -0.3 is 0 Å². The lowest BCUT2D eigenvalue weighted by Crippen LogP contribution is -2.35. The van der Waals surface area contributed by atoms with Crippen LogP contribution in [-0.4, -0.2) is 27.8 Å². The molecule has 0 aromatic carbocycles. The highest BCUT2D eigenvalue weighted by molar-refractivity contribution is 6.05. The van der Waals surface area contributed by atoms with Gasteiger partial charge in [-0.2, -0.15) is 0 Å². The van der Waals surface area contributed by atoms with Gasteiger partial charge in [-0.3, -0.25) is 20.2 Å². The molecule has 1 unspecified atom stereocenters. The van der Waals surface area contributed by atoms with E-state index in [1.807, 2.05) is 0 Å². The monoisotopic (exact) mass is 206 g/mol. The van der Waals surface area contributed by atoms with Gasteiger partial charge in [0, 0.05) is 12.7 Å². The topological polar surface area (TPSA) is 84.0 Å². The zero-order chi connectivity index (χ0) is 10.7. The van der Waals surface area contributed by atoms with Crippen LogP contribution in [0.5, 0.6) is 0 Å². The van der Waals surface area contributed by atoms with Crippen LogP contribution in [0.3, 0.4) is 0 Å². The van der Waals surface area contributed by atoms with E-state index < -0.39 is 6.04 Å². The molecule has 15 heavy (non-hydrogen) atoms. The number of aromatic nitrogens is 2. The van der Waals surface area contributed by atoms with Crippen LogP contribution in [0.15, 0.2) is 18.6 Å². The summed E-state index contributed by atoms with van der Waals surface area (Å²) in [6, 6.07) is 1.31. The molecule has 0 radical (unpaired) electrons. The molecule has 2 heterocycles. The Bertz CT molecular complexity index is 379. The van der Waals surface area contributed by atoms with Crippen molar-refractivity contribution < 1.29 is 9.59 Å². The average molecular weight is 206 g/mol. The van der Waals surface area contributed by atoms with E-state index in [0.29, 0.717) is 6.54 Å². The van der Waals surface area contributed by atoms with Gasteiger partial charge in [0.05, 0.1) is 18.2 Å². The number of rotatable bonds is 3. The molecule has 0 aliphatic carbocycles. The van der Waals surface area contributed by atoms with Crippen molar-refractivity contribution in [2.24, 2.45) is 0 Å². The zero-order valence-corrected chi connectivity index (χ0v) is 7.93. The molecule has 1 atom stereocenters. The minimum atomic E-state index is -0.438. The summed E-state index contributed by atoms with van der Waals surface area (Å²) >= 11 is 0. The molecule has 1 aliphatic rings. The van der Waals surface area contributed by atoms with E-state index in [1.54, 1.807) is 12.3 Å². The van der Waals surface area contributed by atoms with Gasteiger partial charge >= 0.3 is 0 Å². The minimum Gasteiger partial charge on any atom is -0.300 e. The lowest BCUT2D eigenvalue weighted by molar-refractivity contribution is -0.125. The molecule has 1 fully saturated rings. The molecule has 6 heteroatoms. The Morgan fingerprint density at radius 3 is 3.00 bits per heavy atom. The van der Waals surface area contributed by atoms with Crippen molar-refractivity contribution >= 4 is 11.8 Å². The summed E-state index contributed by atoms with van der Waals surface area (Å²) in [5.74, 6) is -0.505. The van der Waals surface area contributed by atoms with Crippen LogP contribution in [0.25, 0.3) is 0 Å². The maximum absolute atomic E-state index is 11.2. The smallest absolute Gasteiger partial charge is 0.244 e. The summed E-state index contributed by atoms with van der Waals surface area (Å²) in [5.41, 5.74) is 0.789. The highest BCUT2D eigenvalue weighted by Gasteiger charge is 2.29. The molecule has 0 saturated carbocycles. The second-order valence-electron chi connectivity index (χ2n) is 3.25. The van der Waals surface area contributed by atoms with Crippen molar-refractivity contribution in [3.63, 3.8) is 0 Å². The fourth-order valence-corrected chi connectivity index (χ4v) is 1.37. The quantitative estimate of drug-likeness (QED) is 0.618. The molecule has 2 N–H and O–H groups in total. The molecule has 6 nitrogen and oxygen atoms in total. The molecule has 1 aromatic rings. The molecule has 2 amide bonds. The van der Waals surface area contributed by atoms with Crippen molar-refractivity contribution in [3.05, 3.63) is 24.3 Å².